The minimum Gasteiger partial charge on any atom is -0.273 e. The van der Waals surface area contributed by atoms with Gasteiger partial charge < -0.3 is 0 Å². The average Bonchev–Trinajstić information content (AvgIpc) is 2.66. The molecule has 7 heteroatoms. The molecule has 0 aliphatic rings. The van der Waals surface area contributed by atoms with Crippen molar-refractivity contribution in [1.82, 2.24) is 10.9 Å². The van der Waals surface area contributed by atoms with Gasteiger partial charge in [-0.1, -0.05) is 54.6 Å². The summed E-state index contributed by atoms with van der Waals surface area (Å²) in [6.07, 6.45) is 1.29. The van der Waals surface area contributed by atoms with Crippen molar-refractivity contribution in [3.05, 3.63) is 83.4 Å². The normalized spacial score (nSPS) is 11.2. The molecule has 0 spiro atoms. The number of fused-ring (bicyclic) bond motifs is 1. The van der Waals surface area contributed by atoms with Crippen LogP contribution in [0.1, 0.15) is 21.5 Å². The number of carbonyl (C=O) groups is 2. The molecule has 144 valence electrons. The van der Waals surface area contributed by atoms with Crippen LogP contribution in [0.25, 0.3) is 10.8 Å². The molecule has 2 N–H and O–H groups in total. The van der Waals surface area contributed by atoms with Gasteiger partial charge in [0.1, 0.15) is 0 Å². The Morgan fingerprint density at radius 3 is 2.25 bits per heavy atom. The first-order valence-electron chi connectivity index (χ1n) is 8.64. The summed E-state index contributed by atoms with van der Waals surface area (Å²) in [6, 6.07) is 19.7. The molecule has 0 bridgehead atoms. The summed E-state index contributed by atoms with van der Waals surface area (Å²) in [7, 11) is -3.13. The van der Waals surface area contributed by atoms with Gasteiger partial charge in [-0.15, -0.1) is 0 Å². The Labute approximate surface area is 163 Å². The van der Waals surface area contributed by atoms with Crippen LogP contribution < -0.4 is 10.9 Å². The monoisotopic (exact) mass is 396 g/mol. The van der Waals surface area contributed by atoms with E-state index in [1.54, 1.807) is 12.1 Å². The lowest BCUT2D eigenvalue weighted by Gasteiger charge is -2.09. The van der Waals surface area contributed by atoms with E-state index in [0.29, 0.717) is 11.1 Å². The van der Waals surface area contributed by atoms with Crippen molar-refractivity contribution in [3.63, 3.8) is 0 Å². The number of sulfone groups is 1. The zero-order valence-electron chi connectivity index (χ0n) is 15.3. The molecule has 0 aliphatic carbocycles. The summed E-state index contributed by atoms with van der Waals surface area (Å²) in [5.41, 5.74) is 6.58. The summed E-state index contributed by atoms with van der Waals surface area (Å²) in [5.74, 6) is -0.896. The van der Waals surface area contributed by atoms with Crippen molar-refractivity contribution < 1.29 is 18.0 Å². The number of hydrogen-bond donors (Lipinski definition) is 2. The Bertz CT molecular complexity index is 1120. The predicted molar refractivity (Wildman–Crippen MR) is 108 cm³/mol. The van der Waals surface area contributed by atoms with Crippen LogP contribution in [0.3, 0.4) is 0 Å². The highest BCUT2D eigenvalue weighted by Gasteiger charge is 2.11. The van der Waals surface area contributed by atoms with Crippen molar-refractivity contribution >= 4 is 32.4 Å². The van der Waals surface area contributed by atoms with E-state index in [1.165, 1.54) is 12.1 Å². The fourth-order valence-corrected chi connectivity index (χ4v) is 3.72. The molecule has 0 atom stereocenters. The van der Waals surface area contributed by atoms with Crippen LogP contribution in [-0.2, 0) is 26.8 Å². The van der Waals surface area contributed by atoms with E-state index in [2.05, 4.69) is 10.9 Å². The molecule has 0 radical (unpaired) electrons. The van der Waals surface area contributed by atoms with E-state index in [4.69, 9.17) is 0 Å². The van der Waals surface area contributed by atoms with Gasteiger partial charge in [0, 0.05) is 11.8 Å². The second-order valence-corrected chi connectivity index (χ2v) is 8.72. The lowest BCUT2D eigenvalue weighted by Crippen LogP contribution is -2.42. The van der Waals surface area contributed by atoms with Crippen LogP contribution in [-0.4, -0.2) is 26.5 Å². The van der Waals surface area contributed by atoms with Gasteiger partial charge in [-0.25, -0.2) is 8.42 Å². The molecule has 0 saturated carbocycles. The topological polar surface area (TPSA) is 92.3 Å². The molecule has 6 nitrogen and oxygen atoms in total. The van der Waals surface area contributed by atoms with Gasteiger partial charge in [0.05, 0.1) is 12.2 Å². The number of rotatable bonds is 5. The zero-order valence-corrected chi connectivity index (χ0v) is 16.1. The van der Waals surface area contributed by atoms with Gasteiger partial charge in [-0.3, -0.25) is 20.4 Å². The van der Waals surface area contributed by atoms with Gasteiger partial charge in [0.2, 0.25) is 5.91 Å². The standard InChI is InChI=1S/C21H20N2O4S/c1-28(26,27)14-15-9-11-17(12-10-15)21(25)23-22-20(24)13-18-7-4-6-16-5-2-3-8-19(16)18/h2-12H,13-14H2,1H3,(H,22,24)(H,23,25). The highest BCUT2D eigenvalue weighted by Crippen LogP contribution is 2.18. The van der Waals surface area contributed by atoms with Crippen molar-refractivity contribution in [2.24, 2.45) is 0 Å². The number of carbonyl (C=O) groups excluding carboxylic acids is 2. The van der Waals surface area contributed by atoms with Gasteiger partial charge >= 0.3 is 0 Å². The smallest absolute Gasteiger partial charge is 0.269 e. The van der Waals surface area contributed by atoms with Crippen molar-refractivity contribution in [1.29, 1.82) is 0 Å². The summed E-state index contributed by atoms with van der Waals surface area (Å²) < 4.78 is 22.6. The lowest BCUT2D eigenvalue weighted by molar-refractivity contribution is -0.121. The average molecular weight is 396 g/mol. The molecule has 3 aromatic carbocycles. The first kappa shape index (κ1) is 19.6. The molecule has 0 saturated heterocycles. The second kappa shape index (κ2) is 8.22. The van der Waals surface area contributed by atoms with Gasteiger partial charge in [0.25, 0.3) is 5.91 Å². The number of benzene rings is 3. The molecular formula is C21H20N2O4S. The van der Waals surface area contributed by atoms with Crippen molar-refractivity contribution in [2.75, 3.05) is 6.26 Å². The first-order chi connectivity index (χ1) is 13.3. The van der Waals surface area contributed by atoms with Gasteiger partial charge in [-0.05, 0) is 34.0 Å². The molecule has 0 aliphatic heterocycles. The SMILES string of the molecule is CS(=O)(=O)Cc1ccc(C(=O)NNC(=O)Cc2cccc3ccccc23)cc1. The Hall–Kier alpha value is -3.19. The molecule has 0 aromatic heterocycles. The maximum absolute atomic E-state index is 12.2. The molecule has 3 aromatic rings. The largest absolute Gasteiger partial charge is 0.273 e. The number of hydrogen-bond acceptors (Lipinski definition) is 4. The summed E-state index contributed by atoms with van der Waals surface area (Å²) in [5, 5.41) is 2.04. The van der Waals surface area contributed by atoms with Gasteiger partial charge in [-0.2, -0.15) is 0 Å². The first-order valence-corrected chi connectivity index (χ1v) is 10.7. The number of amides is 2. The van der Waals surface area contributed by atoms with Crippen LogP contribution >= 0.6 is 0 Å². The van der Waals surface area contributed by atoms with Crippen molar-refractivity contribution in [2.45, 2.75) is 12.2 Å². The molecule has 0 heterocycles. The lowest BCUT2D eigenvalue weighted by atomic mass is 10.0. The third-order valence-corrected chi connectivity index (χ3v) is 5.05. The Morgan fingerprint density at radius 1 is 0.857 bits per heavy atom. The van der Waals surface area contributed by atoms with Crippen LogP contribution in [0.4, 0.5) is 0 Å². The number of nitrogens with one attached hydrogen (secondary N) is 2. The van der Waals surface area contributed by atoms with Crippen LogP contribution in [0.5, 0.6) is 0 Å². The molecule has 2 amide bonds. The van der Waals surface area contributed by atoms with E-state index in [0.717, 1.165) is 22.6 Å². The zero-order chi connectivity index (χ0) is 20.1. The van der Waals surface area contributed by atoms with Crippen LogP contribution in [0.2, 0.25) is 0 Å². The fraction of sp³-hybridized carbons (Fsp3) is 0.143. The summed E-state index contributed by atoms with van der Waals surface area (Å²) in [4.78, 5) is 24.4. The van der Waals surface area contributed by atoms with E-state index in [9.17, 15) is 18.0 Å². The third kappa shape index (κ3) is 5.17. The highest BCUT2D eigenvalue weighted by atomic mass is 32.2. The summed E-state index contributed by atoms with van der Waals surface area (Å²) >= 11 is 0. The highest BCUT2D eigenvalue weighted by molar-refractivity contribution is 7.89. The molecule has 0 fully saturated rings. The van der Waals surface area contributed by atoms with Crippen molar-refractivity contribution in [3.8, 4) is 0 Å². The molecule has 3 rings (SSSR count). The van der Waals surface area contributed by atoms with E-state index in [1.807, 2.05) is 42.5 Å². The second-order valence-electron chi connectivity index (χ2n) is 6.58. The summed E-state index contributed by atoms with van der Waals surface area (Å²) in [6.45, 7) is 0. The van der Waals surface area contributed by atoms with Crippen LogP contribution in [0, 0.1) is 0 Å². The molecule has 0 unspecified atom stereocenters. The van der Waals surface area contributed by atoms with Gasteiger partial charge in [0.15, 0.2) is 9.84 Å². The van der Waals surface area contributed by atoms with Crippen LogP contribution in [0.15, 0.2) is 66.7 Å². The maximum atomic E-state index is 12.2. The Balaban J connectivity index is 1.59. The number of hydrazine groups is 1. The minimum atomic E-state index is -3.13. The fourth-order valence-electron chi connectivity index (χ4n) is 2.92. The predicted octanol–water partition coefficient (Wildman–Crippen LogP) is 2.39. The Kier molecular flexibility index (Phi) is 5.75. The van der Waals surface area contributed by atoms with E-state index < -0.39 is 15.7 Å². The maximum Gasteiger partial charge on any atom is 0.269 e. The molecule has 28 heavy (non-hydrogen) atoms. The molecular weight excluding hydrogens is 376 g/mol. The van der Waals surface area contributed by atoms with E-state index >= 15 is 0 Å². The quantitative estimate of drug-likeness (QED) is 0.648. The third-order valence-electron chi connectivity index (χ3n) is 4.19. The minimum absolute atomic E-state index is 0.0866. The Morgan fingerprint density at radius 2 is 1.54 bits per heavy atom. The van der Waals surface area contributed by atoms with E-state index in [-0.39, 0.29) is 18.1 Å².